The third-order valence-electron chi connectivity index (χ3n) is 4.45. The zero-order chi connectivity index (χ0) is 18.4. The maximum absolute atomic E-state index is 13.0. The number of fused-ring (bicyclic) bond motifs is 1. The van der Waals surface area contributed by atoms with Gasteiger partial charge in [0.1, 0.15) is 6.23 Å². The maximum Gasteiger partial charge on any atom is 0.416 e. The van der Waals surface area contributed by atoms with E-state index in [9.17, 15) is 23.4 Å². The molecule has 1 saturated carbocycles. The van der Waals surface area contributed by atoms with Gasteiger partial charge in [0.2, 0.25) is 5.95 Å². The van der Waals surface area contributed by atoms with Crippen LogP contribution in [-0.4, -0.2) is 31.6 Å². The molecule has 1 atom stereocenters. The molecule has 138 valence electrons. The molecule has 1 fully saturated rings. The van der Waals surface area contributed by atoms with Gasteiger partial charge in [-0.05, 0) is 51.3 Å². The highest BCUT2D eigenvalue weighted by Crippen LogP contribution is 2.39. The summed E-state index contributed by atoms with van der Waals surface area (Å²) in [5.74, 6) is 0.329. The molecule has 1 aromatic heterocycles. The molecule has 25 heavy (non-hydrogen) atoms. The summed E-state index contributed by atoms with van der Waals surface area (Å²) in [4.78, 5) is 4.35. The number of hydrogen-bond acceptors (Lipinski definition) is 4. The first kappa shape index (κ1) is 18.0. The molecule has 1 aliphatic carbocycles. The lowest BCUT2D eigenvalue weighted by molar-refractivity contribution is -0.137. The summed E-state index contributed by atoms with van der Waals surface area (Å²) in [6.45, 7) is 3.14. The Morgan fingerprint density at radius 3 is 2.52 bits per heavy atom. The SMILES string of the molecule is CC(C)(O)CC(O)Nc1nc2ccc(C(F)(F)F)cc2n1C1CCC1. The fraction of sp³-hybridized carbons (Fsp3) is 0.588. The van der Waals surface area contributed by atoms with Gasteiger partial charge in [0, 0.05) is 12.5 Å². The molecular formula is C17H22F3N3O2. The van der Waals surface area contributed by atoms with Crippen LogP contribution in [0, 0.1) is 0 Å². The first-order valence-electron chi connectivity index (χ1n) is 8.31. The highest BCUT2D eigenvalue weighted by Gasteiger charge is 2.32. The van der Waals surface area contributed by atoms with E-state index in [4.69, 9.17) is 0 Å². The summed E-state index contributed by atoms with van der Waals surface area (Å²) >= 11 is 0. The second kappa shape index (κ2) is 6.17. The first-order chi connectivity index (χ1) is 11.5. The van der Waals surface area contributed by atoms with Crippen molar-refractivity contribution >= 4 is 17.0 Å². The Morgan fingerprint density at radius 2 is 2.00 bits per heavy atom. The Hall–Kier alpha value is -1.80. The van der Waals surface area contributed by atoms with Crippen LogP contribution >= 0.6 is 0 Å². The minimum atomic E-state index is -4.42. The molecule has 0 amide bonds. The fourth-order valence-electron chi connectivity index (χ4n) is 3.06. The lowest BCUT2D eigenvalue weighted by atomic mass is 9.92. The Bertz CT molecular complexity index is 761. The van der Waals surface area contributed by atoms with E-state index >= 15 is 0 Å². The third-order valence-corrected chi connectivity index (χ3v) is 4.45. The van der Waals surface area contributed by atoms with Crippen LogP contribution in [0.15, 0.2) is 18.2 Å². The largest absolute Gasteiger partial charge is 0.416 e. The van der Waals surface area contributed by atoms with Crippen LogP contribution in [0.4, 0.5) is 19.1 Å². The molecule has 0 saturated heterocycles. The molecule has 0 bridgehead atoms. The lowest BCUT2D eigenvalue weighted by Gasteiger charge is -2.30. The molecule has 1 unspecified atom stereocenters. The molecule has 2 aromatic rings. The minimum absolute atomic E-state index is 0.0605. The third kappa shape index (κ3) is 3.90. The van der Waals surface area contributed by atoms with E-state index < -0.39 is 23.6 Å². The predicted octanol–water partition coefficient (Wildman–Crippen LogP) is 3.67. The van der Waals surface area contributed by atoms with Crippen LogP contribution in [0.1, 0.15) is 51.1 Å². The van der Waals surface area contributed by atoms with Crippen molar-refractivity contribution in [3.8, 4) is 0 Å². The lowest BCUT2D eigenvalue weighted by Crippen LogP contribution is -2.32. The van der Waals surface area contributed by atoms with E-state index in [0.717, 1.165) is 31.4 Å². The number of halogens is 3. The quantitative estimate of drug-likeness (QED) is 0.714. The number of nitrogens with zero attached hydrogens (tertiary/aromatic N) is 2. The number of aromatic nitrogens is 2. The summed E-state index contributed by atoms with van der Waals surface area (Å²) in [7, 11) is 0. The smallest absolute Gasteiger partial charge is 0.390 e. The number of aliphatic hydroxyl groups excluding tert-OH is 1. The van der Waals surface area contributed by atoms with Gasteiger partial charge in [0.05, 0.1) is 22.2 Å². The maximum atomic E-state index is 13.0. The molecule has 0 spiro atoms. The van der Waals surface area contributed by atoms with Gasteiger partial charge < -0.3 is 20.1 Å². The molecule has 0 aliphatic heterocycles. The van der Waals surface area contributed by atoms with Gasteiger partial charge in [0.25, 0.3) is 0 Å². The molecule has 1 aromatic carbocycles. The van der Waals surface area contributed by atoms with E-state index in [0.29, 0.717) is 17.0 Å². The number of rotatable bonds is 5. The topological polar surface area (TPSA) is 70.3 Å². The summed E-state index contributed by atoms with van der Waals surface area (Å²) in [6, 6.07) is 3.53. The number of aliphatic hydroxyl groups is 2. The Kier molecular flexibility index (Phi) is 4.45. The van der Waals surface area contributed by atoms with Gasteiger partial charge in [-0.1, -0.05) is 0 Å². The van der Waals surface area contributed by atoms with E-state index in [-0.39, 0.29) is 12.5 Å². The van der Waals surface area contributed by atoms with Crippen molar-refractivity contribution in [2.45, 2.75) is 63.6 Å². The first-order valence-corrected chi connectivity index (χ1v) is 8.31. The van der Waals surface area contributed by atoms with Crippen molar-refractivity contribution in [3.05, 3.63) is 23.8 Å². The number of hydrogen-bond donors (Lipinski definition) is 3. The van der Waals surface area contributed by atoms with Crippen LogP contribution < -0.4 is 5.32 Å². The molecule has 1 heterocycles. The van der Waals surface area contributed by atoms with Crippen molar-refractivity contribution in [2.75, 3.05) is 5.32 Å². The minimum Gasteiger partial charge on any atom is -0.390 e. The highest BCUT2D eigenvalue weighted by atomic mass is 19.4. The fourth-order valence-corrected chi connectivity index (χ4v) is 3.06. The molecule has 3 rings (SSSR count). The van der Waals surface area contributed by atoms with Crippen molar-refractivity contribution in [2.24, 2.45) is 0 Å². The van der Waals surface area contributed by atoms with Crippen molar-refractivity contribution in [3.63, 3.8) is 0 Å². The zero-order valence-electron chi connectivity index (χ0n) is 14.1. The molecule has 3 N–H and O–H groups in total. The van der Waals surface area contributed by atoms with Crippen LogP contribution in [-0.2, 0) is 6.18 Å². The monoisotopic (exact) mass is 357 g/mol. The number of anilines is 1. The summed E-state index contributed by atoms with van der Waals surface area (Å²) in [5.41, 5.74) is -0.956. The summed E-state index contributed by atoms with van der Waals surface area (Å²) in [6.07, 6.45) is -2.69. The van der Waals surface area contributed by atoms with Crippen molar-refractivity contribution in [1.29, 1.82) is 0 Å². The van der Waals surface area contributed by atoms with Gasteiger partial charge >= 0.3 is 6.18 Å². The Balaban J connectivity index is 2.00. The van der Waals surface area contributed by atoms with Crippen molar-refractivity contribution < 1.29 is 23.4 Å². The molecular weight excluding hydrogens is 335 g/mol. The van der Waals surface area contributed by atoms with E-state index in [1.807, 2.05) is 0 Å². The van der Waals surface area contributed by atoms with E-state index in [1.54, 1.807) is 18.4 Å². The van der Waals surface area contributed by atoms with Gasteiger partial charge in [-0.15, -0.1) is 0 Å². The van der Waals surface area contributed by atoms with Gasteiger partial charge in [-0.25, -0.2) is 4.98 Å². The highest BCUT2D eigenvalue weighted by molar-refractivity contribution is 5.80. The predicted molar refractivity (Wildman–Crippen MR) is 88.2 cm³/mol. The van der Waals surface area contributed by atoms with E-state index in [2.05, 4.69) is 10.3 Å². The summed E-state index contributed by atoms with van der Waals surface area (Å²) in [5, 5.41) is 22.8. The number of alkyl halides is 3. The van der Waals surface area contributed by atoms with Crippen LogP contribution in [0.3, 0.4) is 0 Å². The van der Waals surface area contributed by atoms with Crippen LogP contribution in [0.2, 0.25) is 0 Å². The van der Waals surface area contributed by atoms with Gasteiger partial charge in [-0.3, -0.25) is 0 Å². The van der Waals surface area contributed by atoms with Gasteiger partial charge in [-0.2, -0.15) is 13.2 Å². The van der Waals surface area contributed by atoms with Crippen molar-refractivity contribution in [1.82, 2.24) is 9.55 Å². The zero-order valence-corrected chi connectivity index (χ0v) is 14.1. The molecule has 8 heteroatoms. The molecule has 0 radical (unpaired) electrons. The molecule has 5 nitrogen and oxygen atoms in total. The standard InChI is InChI=1S/C17H22F3N3O2/c1-16(2,25)9-14(24)22-15-21-12-7-6-10(17(18,19)20)8-13(12)23(15)11-4-3-5-11/h6-8,11,14,24-25H,3-5,9H2,1-2H3,(H,21,22). The average molecular weight is 357 g/mol. The number of benzene rings is 1. The van der Waals surface area contributed by atoms with Gasteiger partial charge in [0.15, 0.2) is 0 Å². The molecule has 1 aliphatic rings. The number of nitrogens with one attached hydrogen (secondary N) is 1. The Labute approximate surface area is 143 Å². The van der Waals surface area contributed by atoms with Crippen LogP contribution in [0.25, 0.3) is 11.0 Å². The second-order valence-corrected chi connectivity index (χ2v) is 7.27. The summed E-state index contributed by atoms with van der Waals surface area (Å²) < 4.78 is 40.8. The van der Waals surface area contributed by atoms with E-state index in [1.165, 1.54) is 6.07 Å². The number of imidazole rings is 1. The Morgan fingerprint density at radius 1 is 1.32 bits per heavy atom. The normalized spacial score (nSPS) is 17.6. The average Bonchev–Trinajstić information content (AvgIpc) is 2.71. The second-order valence-electron chi connectivity index (χ2n) is 7.27. The van der Waals surface area contributed by atoms with Crippen LogP contribution in [0.5, 0.6) is 0 Å².